The molecular weight excluding hydrogens is 336 g/mol. The molecule has 1 aromatic heterocycles. The second kappa shape index (κ2) is 8.53. The lowest BCUT2D eigenvalue weighted by Gasteiger charge is -2.02. The molecule has 3 N–H and O–H groups in total. The van der Waals surface area contributed by atoms with Crippen LogP contribution in [0.4, 0.5) is 9.52 Å². The standard InChI is InChI=1S/C14H15BFN3O4S/c1-2-23-13(20)6-10-8-24-14(18-10)19-17-7-9-3-4-12(16)11(5-9)15(21)22/h3-5,7-8,21-22H,2,6H2,1H3,(H,18,19). The predicted molar refractivity (Wildman–Crippen MR) is 89.9 cm³/mol. The van der Waals surface area contributed by atoms with Crippen molar-refractivity contribution in [3.8, 4) is 0 Å². The summed E-state index contributed by atoms with van der Waals surface area (Å²) in [5.41, 5.74) is 3.51. The van der Waals surface area contributed by atoms with Gasteiger partial charge in [-0.15, -0.1) is 11.3 Å². The van der Waals surface area contributed by atoms with Crippen LogP contribution < -0.4 is 10.9 Å². The third-order valence-electron chi connectivity index (χ3n) is 2.85. The summed E-state index contributed by atoms with van der Waals surface area (Å²) in [5.74, 6) is -1.06. The van der Waals surface area contributed by atoms with Crippen LogP contribution in [0.15, 0.2) is 28.7 Å². The molecule has 2 aromatic rings. The molecule has 2 rings (SSSR count). The lowest BCUT2D eigenvalue weighted by atomic mass is 9.79. The second-order valence-electron chi connectivity index (χ2n) is 4.65. The topological polar surface area (TPSA) is 104 Å². The maximum atomic E-state index is 13.3. The van der Waals surface area contributed by atoms with Gasteiger partial charge in [0.15, 0.2) is 0 Å². The van der Waals surface area contributed by atoms with Crippen LogP contribution in [0.5, 0.6) is 0 Å². The predicted octanol–water partition coefficient (Wildman–Crippen LogP) is 0.514. The smallest absolute Gasteiger partial charge is 0.466 e. The highest BCUT2D eigenvalue weighted by atomic mass is 32.1. The van der Waals surface area contributed by atoms with Gasteiger partial charge in [-0.2, -0.15) is 5.10 Å². The number of carbonyl (C=O) groups is 1. The van der Waals surface area contributed by atoms with Crippen molar-refractivity contribution in [2.75, 3.05) is 12.0 Å². The Hall–Kier alpha value is -2.30. The highest BCUT2D eigenvalue weighted by Gasteiger charge is 2.16. The number of esters is 1. The molecule has 0 radical (unpaired) electrons. The first-order valence-corrected chi connectivity index (χ1v) is 7.92. The van der Waals surface area contributed by atoms with Crippen molar-refractivity contribution in [1.82, 2.24) is 4.98 Å². The number of aromatic nitrogens is 1. The van der Waals surface area contributed by atoms with Gasteiger partial charge in [0.1, 0.15) is 5.82 Å². The summed E-state index contributed by atoms with van der Waals surface area (Å²) >= 11 is 1.27. The number of rotatable bonds is 7. The molecule has 0 bridgehead atoms. The Labute approximate surface area is 142 Å². The number of halogens is 1. The van der Waals surface area contributed by atoms with E-state index in [0.717, 1.165) is 6.07 Å². The van der Waals surface area contributed by atoms with Crippen molar-refractivity contribution in [1.29, 1.82) is 0 Å². The van der Waals surface area contributed by atoms with Gasteiger partial charge in [0.05, 0.1) is 24.9 Å². The Balaban J connectivity index is 1.96. The van der Waals surface area contributed by atoms with Crippen LogP contribution in [0, 0.1) is 5.82 Å². The molecule has 0 aliphatic carbocycles. The SMILES string of the molecule is CCOC(=O)Cc1csc(NN=Cc2ccc(F)c(B(O)O)c2)n1. The molecule has 24 heavy (non-hydrogen) atoms. The Morgan fingerprint density at radius 1 is 1.54 bits per heavy atom. The van der Waals surface area contributed by atoms with Crippen LogP contribution in [0.2, 0.25) is 0 Å². The van der Waals surface area contributed by atoms with Crippen LogP contribution in [0.25, 0.3) is 0 Å². The van der Waals surface area contributed by atoms with Gasteiger partial charge >= 0.3 is 13.1 Å². The van der Waals surface area contributed by atoms with Gasteiger partial charge in [-0.25, -0.2) is 9.37 Å². The minimum atomic E-state index is -1.89. The Kier molecular flexibility index (Phi) is 6.41. The number of carbonyl (C=O) groups excluding carboxylic acids is 1. The molecule has 0 spiro atoms. The number of hydrogen-bond acceptors (Lipinski definition) is 8. The molecule has 0 saturated carbocycles. The molecule has 1 aromatic carbocycles. The summed E-state index contributed by atoms with van der Waals surface area (Å²) in [4.78, 5) is 15.5. The summed E-state index contributed by atoms with van der Waals surface area (Å²) in [6.07, 6.45) is 1.48. The zero-order chi connectivity index (χ0) is 17.5. The van der Waals surface area contributed by atoms with Gasteiger partial charge < -0.3 is 14.8 Å². The van der Waals surface area contributed by atoms with Crippen molar-refractivity contribution in [2.24, 2.45) is 5.10 Å². The summed E-state index contributed by atoms with van der Waals surface area (Å²) in [6, 6.07) is 3.84. The van der Waals surface area contributed by atoms with Gasteiger partial charge in [-0.1, -0.05) is 12.1 Å². The summed E-state index contributed by atoms with van der Waals surface area (Å²) in [5, 5.41) is 24.2. The van der Waals surface area contributed by atoms with Gasteiger partial charge in [-0.3, -0.25) is 10.2 Å². The van der Waals surface area contributed by atoms with Crippen molar-refractivity contribution in [2.45, 2.75) is 13.3 Å². The van der Waals surface area contributed by atoms with E-state index in [2.05, 4.69) is 15.5 Å². The van der Waals surface area contributed by atoms with Gasteiger partial charge in [0.25, 0.3) is 0 Å². The van der Waals surface area contributed by atoms with Gasteiger partial charge in [-0.05, 0) is 18.6 Å². The zero-order valence-corrected chi connectivity index (χ0v) is 13.6. The van der Waals surface area contributed by atoms with Gasteiger partial charge in [0, 0.05) is 10.8 Å². The number of nitrogens with zero attached hydrogens (tertiary/aromatic N) is 2. The quantitative estimate of drug-likeness (QED) is 0.291. The van der Waals surface area contributed by atoms with E-state index < -0.39 is 12.9 Å². The van der Waals surface area contributed by atoms with E-state index in [1.54, 1.807) is 12.3 Å². The molecule has 0 aliphatic heterocycles. The first kappa shape index (κ1) is 18.0. The van der Waals surface area contributed by atoms with E-state index >= 15 is 0 Å². The van der Waals surface area contributed by atoms with Crippen molar-refractivity contribution >= 4 is 41.2 Å². The maximum Gasteiger partial charge on any atom is 0.491 e. The highest BCUT2D eigenvalue weighted by molar-refractivity contribution is 7.13. The fraction of sp³-hybridized carbons (Fsp3) is 0.214. The Morgan fingerprint density at radius 3 is 3.04 bits per heavy atom. The molecule has 0 saturated heterocycles. The molecule has 0 aliphatic rings. The number of hydrogen-bond donors (Lipinski definition) is 3. The third kappa shape index (κ3) is 5.12. The number of ether oxygens (including phenoxy) is 1. The van der Waals surface area contributed by atoms with E-state index in [0.29, 0.717) is 23.0 Å². The van der Waals surface area contributed by atoms with Crippen LogP contribution in [-0.2, 0) is 16.0 Å². The monoisotopic (exact) mass is 351 g/mol. The molecule has 0 unspecified atom stereocenters. The van der Waals surface area contributed by atoms with Crippen LogP contribution in [0.1, 0.15) is 18.2 Å². The normalized spacial score (nSPS) is 10.8. The number of thiazole rings is 1. The average Bonchev–Trinajstić information content (AvgIpc) is 2.96. The third-order valence-corrected chi connectivity index (χ3v) is 3.65. The van der Waals surface area contributed by atoms with Crippen LogP contribution in [-0.4, -0.2) is 40.9 Å². The minimum absolute atomic E-state index is 0.0887. The number of hydrazone groups is 1. The molecule has 126 valence electrons. The van der Waals surface area contributed by atoms with E-state index in [4.69, 9.17) is 14.8 Å². The largest absolute Gasteiger partial charge is 0.491 e. The fourth-order valence-electron chi connectivity index (χ4n) is 1.80. The van der Waals surface area contributed by atoms with Crippen LogP contribution in [0.3, 0.4) is 0 Å². The highest BCUT2D eigenvalue weighted by Crippen LogP contribution is 2.16. The number of nitrogens with one attached hydrogen (secondary N) is 1. The Morgan fingerprint density at radius 2 is 2.33 bits per heavy atom. The lowest BCUT2D eigenvalue weighted by molar-refractivity contribution is -0.142. The number of benzene rings is 1. The first-order chi connectivity index (χ1) is 11.5. The van der Waals surface area contributed by atoms with Crippen LogP contribution >= 0.6 is 11.3 Å². The molecule has 0 atom stereocenters. The zero-order valence-electron chi connectivity index (χ0n) is 12.8. The molecule has 7 nitrogen and oxygen atoms in total. The van der Waals surface area contributed by atoms with Crippen molar-refractivity contribution < 1.29 is 24.0 Å². The van der Waals surface area contributed by atoms with Gasteiger partial charge in [0.2, 0.25) is 5.13 Å². The summed E-state index contributed by atoms with van der Waals surface area (Å²) < 4.78 is 18.2. The molecule has 0 amide bonds. The summed E-state index contributed by atoms with van der Waals surface area (Å²) in [7, 11) is -1.89. The molecule has 10 heteroatoms. The van der Waals surface area contributed by atoms with E-state index in [1.165, 1.54) is 29.7 Å². The van der Waals surface area contributed by atoms with Crippen molar-refractivity contribution in [3.63, 3.8) is 0 Å². The van der Waals surface area contributed by atoms with E-state index in [1.807, 2.05) is 0 Å². The first-order valence-electron chi connectivity index (χ1n) is 7.04. The Bertz CT molecular complexity index is 739. The van der Waals surface area contributed by atoms with Crippen molar-refractivity contribution in [3.05, 3.63) is 40.7 Å². The van der Waals surface area contributed by atoms with E-state index in [-0.39, 0.29) is 17.9 Å². The van der Waals surface area contributed by atoms with E-state index in [9.17, 15) is 9.18 Å². The summed E-state index contributed by atoms with van der Waals surface area (Å²) in [6.45, 7) is 2.05. The average molecular weight is 351 g/mol. The minimum Gasteiger partial charge on any atom is -0.466 e. The number of anilines is 1. The molecular formula is C14H15BFN3O4S. The fourth-order valence-corrected chi connectivity index (χ4v) is 2.46. The maximum absolute atomic E-state index is 13.3. The second-order valence-corrected chi connectivity index (χ2v) is 5.51. The molecule has 1 heterocycles. The lowest BCUT2D eigenvalue weighted by Crippen LogP contribution is -2.33. The molecule has 0 fully saturated rings.